The quantitative estimate of drug-likeness (QED) is 0.622. The van der Waals surface area contributed by atoms with Gasteiger partial charge in [-0.25, -0.2) is 13.4 Å². The van der Waals surface area contributed by atoms with E-state index in [1.165, 1.54) is 0 Å². The highest BCUT2D eigenvalue weighted by atomic mass is 32.2. The average molecular weight is 336 g/mol. The summed E-state index contributed by atoms with van der Waals surface area (Å²) in [5.41, 5.74) is 2.07. The third-order valence-electron chi connectivity index (χ3n) is 3.94. The van der Waals surface area contributed by atoms with Gasteiger partial charge in [0.2, 0.25) is 0 Å². The number of hydrogen-bond acceptors (Lipinski definition) is 4. The van der Waals surface area contributed by atoms with Crippen LogP contribution < -0.4 is 0 Å². The van der Waals surface area contributed by atoms with Crippen LogP contribution in [0.15, 0.2) is 42.1 Å². The second-order valence-corrected chi connectivity index (χ2v) is 8.93. The number of para-hydroxylation sites is 2. The van der Waals surface area contributed by atoms with Crippen LogP contribution in [-0.2, 0) is 16.4 Å². The second-order valence-electron chi connectivity index (χ2n) is 5.72. The van der Waals surface area contributed by atoms with Gasteiger partial charge in [0.15, 0.2) is 15.0 Å². The van der Waals surface area contributed by atoms with Crippen LogP contribution in [0.2, 0.25) is 0 Å². The van der Waals surface area contributed by atoms with Crippen LogP contribution in [0, 0.1) is 5.92 Å². The molecule has 6 heteroatoms. The van der Waals surface area contributed by atoms with E-state index in [4.69, 9.17) is 0 Å². The van der Waals surface area contributed by atoms with E-state index in [2.05, 4.69) is 22.2 Å². The molecule has 4 nitrogen and oxygen atoms in total. The van der Waals surface area contributed by atoms with Crippen molar-refractivity contribution in [3.05, 3.63) is 36.9 Å². The van der Waals surface area contributed by atoms with Gasteiger partial charge in [-0.3, -0.25) is 0 Å². The molecule has 2 heterocycles. The number of fused-ring (bicyclic) bond motifs is 1. The van der Waals surface area contributed by atoms with Gasteiger partial charge in [0.1, 0.15) is 0 Å². The van der Waals surface area contributed by atoms with Crippen molar-refractivity contribution in [1.82, 2.24) is 9.55 Å². The number of rotatable bonds is 5. The summed E-state index contributed by atoms with van der Waals surface area (Å²) in [6.45, 7) is 4.53. The zero-order chi connectivity index (χ0) is 15.6. The van der Waals surface area contributed by atoms with E-state index in [1.54, 1.807) is 11.8 Å². The fourth-order valence-corrected chi connectivity index (χ4v) is 6.00. The molecule has 0 aliphatic carbocycles. The summed E-state index contributed by atoms with van der Waals surface area (Å²) in [6, 6.07) is 8.05. The lowest BCUT2D eigenvalue weighted by Gasteiger charge is -2.21. The van der Waals surface area contributed by atoms with Crippen molar-refractivity contribution in [1.29, 1.82) is 0 Å². The number of benzene rings is 1. The van der Waals surface area contributed by atoms with E-state index < -0.39 is 9.84 Å². The third kappa shape index (κ3) is 3.38. The molecule has 0 amide bonds. The van der Waals surface area contributed by atoms with Gasteiger partial charge in [-0.1, -0.05) is 30.0 Å². The molecule has 1 fully saturated rings. The van der Waals surface area contributed by atoms with Crippen LogP contribution in [-0.4, -0.2) is 35.2 Å². The molecule has 1 saturated heterocycles. The fraction of sp³-hybridized carbons (Fsp3) is 0.438. The number of aromatic nitrogens is 2. The molecular formula is C16H20N2O2S2. The van der Waals surface area contributed by atoms with Crippen molar-refractivity contribution in [2.75, 3.05) is 17.3 Å². The predicted molar refractivity (Wildman–Crippen MR) is 92.0 cm³/mol. The molecule has 0 N–H and O–H groups in total. The van der Waals surface area contributed by atoms with Crippen molar-refractivity contribution in [2.45, 2.75) is 24.5 Å². The average Bonchev–Trinajstić information content (AvgIpc) is 2.83. The summed E-state index contributed by atoms with van der Waals surface area (Å²) in [4.78, 5) is 4.68. The van der Waals surface area contributed by atoms with E-state index in [9.17, 15) is 8.42 Å². The van der Waals surface area contributed by atoms with Crippen LogP contribution in [0.5, 0.6) is 0 Å². The molecule has 0 bridgehead atoms. The first-order valence-electron chi connectivity index (χ1n) is 7.48. The Morgan fingerprint density at radius 1 is 1.41 bits per heavy atom. The maximum absolute atomic E-state index is 11.7. The van der Waals surface area contributed by atoms with Crippen molar-refractivity contribution in [2.24, 2.45) is 5.92 Å². The van der Waals surface area contributed by atoms with Gasteiger partial charge in [0, 0.05) is 12.3 Å². The zero-order valence-electron chi connectivity index (χ0n) is 12.4. The lowest BCUT2D eigenvalue weighted by atomic mass is 10.1. The summed E-state index contributed by atoms with van der Waals surface area (Å²) < 4.78 is 25.6. The Labute approximate surface area is 135 Å². The van der Waals surface area contributed by atoms with Crippen molar-refractivity contribution in [3.63, 3.8) is 0 Å². The highest BCUT2D eigenvalue weighted by Gasteiger charge is 2.25. The van der Waals surface area contributed by atoms with Crippen LogP contribution in [0.1, 0.15) is 12.8 Å². The minimum atomic E-state index is -2.84. The van der Waals surface area contributed by atoms with Crippen molar-refractivity contribution >= 4 is 32.6 Å². The smallest absolute Gasteiger partial charge is 0.169 e. The summed E-state index contributed by atoms with van der Waals surface area (Å²) in [7, 11) is -2.84. The Hall–Kier alpha value is -1.27. The maximum atomic E-state index is 11.7. The molecule has 1 unspecified atom stereocenters. The maximum Gasteiger partial charge on any atom is 0.169 e. The molecule has 1 atom stereocenters. The number of imidazole rings is 1. The van der Waals surface area contributed by atoms with Crippen LogP contribution >= 0.6 is 11.8 Å². The van der Waals surface area contributed by atoms with Gasteiger partial charge in [0.05, 0.1) is 22.5 Å². The molecule has 1 aliphatic heterocycles. The fourth-order valence-electron chi connectivity index (χ4n) is 2.91. The Morgan fingerprint density at radius 3 is 3.00 bits per heavy atom. The number of hydrogen-bond donors (Lipinski definition) is 0. The molecule has 1 aromatic heterocycles. The predicted octanol–water partition coefficient (Wildman–Crippen LogP) is 3.14. The van der Waals surface area contributed by atoms with Gasteiger partial charge in [-0.15, -0.1) is 6.58 Å². The Bertz CT molecular complexity index is 781. The Balaban J connectivity index is 1.78. The second kappa shape index (κ2) is 6.46. The monoisotopic (exact) mass is 336 g/mol. The lowest BCUT2D eigenvalue weighted by Crippen LogP contribution is -2.26. The first-order valence-corrected chi connectivity index (χ1v) is 10.3. The highest BCUT2D eigenvalue weighted by Crippen LogP contribution is 2.29. The Morgan fingerprint density at radius 2 is 2.23 bits per heavy atom. The Kier molecular flexibility index (Phi) is 4.59. The van der Waals surface area contributed by atoms with E-state index >= 15 is 0 Å². The number of allylic oxidation sites excluding steroid dienone is 1. The molecule has 0 saturated carbocycles. The first-order chi connectivity index (χ1) is 10.6. The number of thioether (sulfide) groups is 1. The SMILES string of the molecule is C=CCn1c(SCC2CCCS(=O)(=O)C2)nc2ccccc21. The van der Waals surface area contributed by atoms with Crippen molar-refractivity contribution in [3.8, 4) is 0 Å². The van der Waals surface area contributed by atoms with Gasteiger partial charge in [-0.2, -0.15) is 0 Å². The van der Waals surface area contributed by atoms with E-state index in [1.807, 2.05) is 24.3 Å². The first kappa shape index (κ1) is 15.6. The summed E-state index contributed by atoms with van der Waals surface area (Å²) in [6.07, 6.45) is 3.65. The van der Waals surface area contributed by atoms with E-state index in [0.717, 1.165) is 34.8 Å². The summed E-state index contributed by atoms with van der Waals surface area (Å²) >= 11 is 1.66. The van der Waals surface area contributed by atoms with Crippen LogP contribution in [0.3, 0.4) is 0 Å². The van der Waals surface area contributed by atoms with Crippen molar-refractivity contribution < 1.29 is 8.42 Å². The molecule has 2 aromatic rings. The molecule has 0 radical (unpaired) electrons. The summed E-state index contributed by atoms with van der Waals surface area (Å²) in [5.74, 6) is 1.71. The normalized spacial score (nSPS) is 21.0. The van der Waals surface area contributed by atoms with Gasteiger partial charge in [0.25, 0.3) is 0 Å². The van der Waals surface area contributed by atoms with Gasteiger partial charge in [-0.05, 0) is 30.9 Å². The van der Waals surface area contributed by atoms with E-state index in [0.29, 0.717) is 18.1 Å². The standard InChI is InChI=1S/C16H20N2O2S2/c1-2-9-18-15-8-4-3-7-14(15)17-16(18)21-11-13-6-5-10-22(19,20)12-13/h2-4,7-8,13H,1,5-6,9-12H2. The molecule has 0 spiro atoms. The van der Waals surface area contributed by atoms with E-state index in [-0.39, 0.29) is 5.92 Å². The molecule has 22 heavy (non-hydrogen) atoms. The minimum Gasteiger partial charge on any atom is -0.315 e. The molecular weight excluding hydrogens is 316 g/mol. The lowest BCUT2D eigenvalue weighted by molar-refractivity contribution is 0.520. The third-order valence-corrected chi connectivity index (χ3v) is 7.03. The molecule has 3 rings (SSSR count). The van der Waals surface area contributed by atoms with Gasteiger partial charge < -0.3 is 4.57 Å². The van der Waals surface area contributed by atoms with Crippen LogP contribution in [0.4, 0.5) is 0 Å². The highest BCUT2D eigenvalue weighted by molar-refractivity contribution is 7.99. The number of nitrogens with zero attached hydrogens (tertiary/aromatic N) is 2. The molecule has 118 valence electrons. The van der Waals surface area contributed by atoms with Gasteiger partial charge >= 0.3 is 0 Å². The molecule has 1 aromatic carbocycles. The number of sulfone groups is 1. The topological polar surface area (TPSA) is 52.0 Å². The largest absolute Gasteiger partial charge is 0.315 e. The summed E-state index contributed by atoms with van der Waals surface area (Å²) in [5, 5.41) is 0.948. The zero-order valence-corrected chi connectivity index (χ0v) is 14.1. The molecule has 1 aliphatic rings. The minimum absolute atomic E-state index is 0.237. The van der Waals surface area contributed by atoms with Crippen LogP contribution in [0.25, 0.3) is 11.0 Å².